The van der Waals surface area contributed by atoms with Gasteiger partial charge in [-0.05, 0) is 38.3 Å². The lowest BCUT2D eigenvalue weighted by Gasteiger charge is -2.31. The van der Waals surface area contributed by atoms with Gasteiger partial charge < -0.3 is 5.11 Å². The smallest absolute Gasteiger partial charge is 0.131 e. The predicted octanol–water partition coefficient (Wildman–Crippen LogP) is 1.84. The molecule has 1 N–H and O–H groups in total. The zero-order chi connectivity index (χ0) is 13.1. The molecule has 0 atom stereocenters. The average molecular weight is 272 g/mol. The summed E-state index contributed by atoms with van der Waals surface area (Å²) in [5.74, 6) is 0.483. The first kappa shape index (κ1) is 13.8. The van der Waals surface area contributed by atoms with Crippen molar-refractivity contribution in [2.45, 2.75) is 32.7 Å². The summed E-state index contributed by atoms with van der Waals surface area (Å²) in [5, 5.41) is 14.3. The fourth-order valence-electron chi connectivity index (χ4n) is 2.59. The number of hydrogen-bond acceptors (Lipinski definition) is 3. The number of piperidine rings is 1. The molecule has 0 aromatic carbocycles. The van der Waals surface area contributed by atoms with E-state index in [2.05, 4.69) is 16.9 Å². The van der Waals surface area contributed by atoms with Crippen LogP contribution in [-0.4, -0.2) is 39.5 Å². The number of halogens is 1. The van der Waals surface area contributed by atoms with Crippen LogP contribution in [0.2, 0.25) is 5.15 Å². The fraction of sp³-hybridized carbons (Fsp3) is 0.769. The number of aromatic nitrogens is 2. The summed E-state index contributed by atoms with van der Waals surface area (Å²) in [7, 11) is 1.89. The molecule has 1 saturated heterocycles. The Morgan fingerprint density at radius 3 is 2.61 bits per heavy atom. The van der Waals surface area contributed by atoms with Gasteiger partial charge in [0.15, 0.2) is 0 Å². The number of aliphatic hydroxyl groups excluding tert-OH is 1. The van der Waals surface area contributed by atoms with Crippen LogP contribution >= 0.6 is 11.6 Å². The number of aryl methyl sites for hydroxylation is 2. The summed E-state index contributed by atoms with van der Waals surface area (Å²) in [6, 6.07) is 0. The first-order valence-electron chi connectivity index (χ1n) is 6.69. The minimum Gasteiger partial charge on any atom is -0.396 e. The monoisotopic (exact) mass is 271 g/mol. The number of likely N-dealkylation sites (tertiary alicyclic amines) is 1. The van der Waals surface area contributed by atoms with Crippen molar-refractivity contribution in [3.63, 3.8) is 0 Å². The highest BCUT2D eigenvalue weighted by molar-refractivity contribution is 6.30. The lowest BCUT2D eigenvalue weighted by atomic mass is 9.97. The Kier molecular flexibility index (Phi) is 4.65. The van der Waals surface area contributed by atoms with E-state index in [0.717, 1.165) is 49.7 Å². The van der Waals surface area contributed by atoms with Crippen molar-refractivity contribution in [3.8, 4) is 0 Å². The Morgan fingerprint density at radius 2 is 2.06 bits per heavy atom. The Morgan fingerprint density at radius 1 is 1.39 bits per heavy atom. The Labute approximate surface area is 114 Å². The van der Waals surface area contributed by atoms with Gasteiger partial charge in [-0.2, -0.15) is 5.10 Å². The Hall–Kier alpha value is -0.580. The molecule has 4 nitrogen and oxygen atoms in total. The maximum absolute atomic E-state index is 9.14. The van der Waals surface area contributed by atoms with Gasteiger partial charge in [0.2, 0.25) is 0 Å². The molecule has 0 saturated carbocycles. The van der Waals surface area contributed by atoms with Crippen molar-refractivity contribution in [1.82, 2.24) is 14.7 Å². The molecule has 18 heavy (non-hydrogen) atoms. The first-order valence-corrected chi connectivity index (χ1v) is 7.07. The maximum Gasteiger partial charge on any atom is 0.131 e. The minimum atomic E-state index is 0.321. The molecular weight excluding hydrogens is 250 g/mol. The van der Waals surface area contributed by atoms with E-state index in [4.69, 9.17) is 16.7 Å². The van der Waals surface area contributed by atoms with Gasteiger partial charge in [0.05, 0.1) is 5.69 Å². The predicted molar refractivity (Wildman–Crippen MR) is 72.7 cm³/mol. The fourth-order valence-corrected chi connectivity index (χ4v) is 2.80. The summed E-state index contributed by atoms with van der Waals surface area (Å²) >= 11 is 6.30. The summed E-state index contributed by atoms with van der Waals surface area (Å²) in [6.45, 7) is 5.40. The van der Waals surface area contributed by atoms with E-state index >= 15 is 0 Å². The van der Waals surface area contributed by atoms with Gasteiger partial charge in [0.1, 0.15) is 5.15 Å². The molecule has 5 heteroatoms. The lowest BCUT2D eigenvalue weighted by Crippen LogP contribution is -2.34. The molecule has 1 aliphatic heterocycles. The summed E-state index contributed by atoms with van der Waals surface area (Å²) in [5.41, 5.74) is 2.27. The molecule has 0 unspecified atom stereocenters. The third-order valence-electron chi connectivity index (χ3n) is 3.83. The van der Waals surface area contributed by atoms with E-state index in [-0.39, 0.29) is 0 Å². The van der Waals surface area contributed by atoms with Gasteiger partial charge in [0, 0.05) is 25.8 Å². The quantitative estimate of drug-likeness (QED) is 0.909. The highest BCUT2D eigenvalue weighted by Crippen LogP contribution is 2.24. The SMILES string of the molecule is CCc1nn(C)c(Cl)c1CN1CCC(CO)CC1. The molecular formula is C13H22ClN3O. The highest BCUT2D eigenvalue weighted by Gasteiger charge is 2.21. The molecule has 2 heterocycles. The van der Waals surface area contributed by atoms with E-state index in [1.807, 2.05) is 7.05 Å². The Bertz CT molecular complexity index is 397. The second-order valence-electron chi connectivity index (χ2n) is 5.10. The van der Waals surface area contributed by atoms with Crippen molar-refractivity contribution in [3.05, 3.63) is 16.4 Å². The van der Waals surface area contributed by atoms with Crippen molar-refractivity contribution >= 4 is 11.6 Å². The van der Waals surface area contributed by atoms with Gasteiger partial charge in [-0.15, -0.1) is 0 Å². The van der Waals surface area contributed by atoms with Crippen LogP contribution in [0.4, 0.5) is 0 Å². The Balaban J connectivity index is 2.02. The molecule has 0 bridgehead atoms. The van der Waals surface area contributed by atoms with E-state index in [9.17, 15) is 0 Å². The zero-order valence-corrected chi connectivity index (χ0v) is 11.9. The van der Waals surface area contributed by atoms with Crippen molar-refractivity contribution in [2.24, 2.45) is 13.0 Å². The number of rotatable bonds is 4. The normalized spacial score (nSPS) is 18.4. The van der Waals surface area contributed by atoms with E-state index in [1.165, 1.54) is 5.56 Å². The van der Waals surface area contributed by atoms with E-state index in [1.54, 1.807) is 4.68 Å². The first-order chi connectivity index (χ1) is 8.65. The molecule has 1 aliphatic rings. The molecule has 102 valence electrons. The minimum absolute atomic E-state index is 0.321. The van der Waals surface area contributed by atoms with Crippen molar-refractivity contribution in [2.75, 3.05) is 19.7 Å². The molecule has 0 radical (unpaired) electrons. The molecule has 1 aromatic heterocycles. The van der Waals surface area contributed by atoms with Gasteiger partial charge in [-0.3, -0.25) is 9.58 Å². The second kappa shape index (κ2) is 6.04. The van der Waals surface area contributed by atoms with Crippen LogP contribution in [0.25, 0.3) is 0 Å². The topological polar surface area (TPSA) is 41.3 Å². The van der Waals surface area contributed by atoms with Crippen molar-refractivity contribution < 1.29 is 5.11 Å². The van der Waals surface area contributed by atoms with Crippen LogP contribution in [-0.2, 0) is 20.0 Å². The van der Waals surface area contributed by atoms with Crippen LogP contribution < -0.4 is 0 Å². The zero-order valence-electron chi connectivity index (χ0n) is 11.2. The highest BCUT2D eigenvalue weighted by atomic mass is 35.5. The summed E-state index contributed by atoms with van der Waals surface area (Å²) in [4.78, 5) is 2.41. The van der Waals surface area contributed by atoms with Crippen LogP contribution in [0.5, 0.6) is 0 Å². The standard InChI is InChI=1S/C13H22ClN3O/c1-3-12-11(13(14)16(2)15-12)8-17-6-4-10(9-18)5-7-17/h10,18H,3-9H2,1-2H3. The second-order valence-corrected chi connectivity index (χ2v) is 5.45. The van der Waals surface area contributed by atoms with Gasteiger partial charge in [-0.1, -0.05) is 18.5 Å². The third kappa shape index (κ3) is 2.87. The van der Waals surface area contributed by atoms with Gasteiger partial charge in [-0.25, -0.2) is 0 Å². The van der Waals surface area contributed by atoms with Gasteiger partial charge >= 0.3 is 0 Å². The number of aliphatic hydroxyl groups is 1. The summed E-state index contributed by atoms with van der Waals surface area (Å²) in [6.07, 6.45) is 3.08. The van der Waals surface area contributed by atoms with E-state index < -0.39 is 0 Å². The lowest BCUT2D eigenvalue weighted by molar-refractivity contribution is 0.127. The average Bonchev–Trinajstić information content (AvgIpc) is 2.67. The molecule has 1 aromatic rings. The molecule has 1 fully saturated rings. The van der Waals surface area contributed by atoms with Crippen molar-refractivity contribution in [1.29, 1.82) is 0 Å². The van der Waals surface area contributed by atoms with E-state index in [0.29, 0.717) is 12.5 Å². The molecule has 0 aliphatic carbocycles. The largest absolute Gasteiger partial charge is 0.396 e. The van der Waals surface area contributed by atoms with Gasteiger partial charge in [0.25, 0.3) is 0 Å². The number of hydrogen-bond donors (Lipinski definition) is 1. The summed E-state index contributed by atoms with van der Waals surface area (Å²) < 4.78 is 1.76. The van der Waals surface area contributed by atoms with Crippen LogP contribution in [0.3, 0.4) is 0 Å². The third-order valence-corrected chi connectivity index (χ3v) is 4.31. The van der Waals surface area contributed by atoms with Crippen LogP contribution in [0.15, 0.2) is 0 Å². The maximum atomic E-state index is 9.14. The molecule has 2 rings (SSSR count). The van der Waals surface area contributed by atoms with Crippen LogP contribution in [0, 0.1) is 5.92 Å². The number of nitrogens with zero attached hydrogens (tertiary/aromatic N) is 3. The molecule has 0 amide bonds. The van der Waals surface area contributed by atoms with Crippen LogP contribution in [0.1, 0.15) is 31.0 Å². The molecule has 0 spiro atoms.